The molecule has 9 heteroatoms. The van der Waals surface area contributed by atoms with E-state index < -0.39 is 5.91 Å². The van der Waals surface area contributed by atoms with Crippen LogP contribution in [0.5, 0.6) is 11.5 Å². The second-order valence-corrected chi connectivity index (χ2v) is 7.02. The molecule has 0 atom stereocenters. The van der Waals surface area contributed by atoms with Gasteiger partial charge in [0.2, 0.25) is 5.91 Å². The summed E-state index contributed by atoms with van der Waals surface area (Å²) < 4.78 is 10.8. The molecule has 0 aliphatic carbocycles. The maximum atomic E-state index is 12.3. The van der Waals surface area contributed by atoms with E-state index in [4.69, 9.17) is 21.1 Å². The summed E-state index contributed by atoms with van der Waals surface area (Å²) in [4.78, 5) is 36.2. The maximum Gasteiger partial charge on any atom is 0.269 e. The average molecular weight is 448 g/mol. The van der Waals surface area contributed by atoms with Crippen LogP contribution >= 0.6 is 11.6 Å². The number of hydrogen-bond acceptors (Lipinski definition) is 5. The number of hydrogen-bond donors (Lipinski definition) is 3. The topological polar surface area (TPSA) is 106 Å². The Kier molecular flexibility index (Phi) is 9.64. The number of halogens is 1. The van der Waals surface area contributed by atoms with E-state index >= 15 is 0 Å². The zero-order valence-electron chi connectivity index (χ0n) is 17.5. The van der Waals surface area contributed by atoms with Gasteiger partial charge in [-0.3, -0.25) is 25.2 Å². The number of methoxy groups -OCH3 is 1. The van der Waals surface area contributed by atoms with Crippen molar-refractivity contribution >= 4 is 29.3 Å². The first-order chi connectivity index (χ1) is 14.9. The van der Waals surface area contributed by atoms with Crippen molar-refractivity contribution in [2.45, 2.75) is 26.2 Å². The van der Waals surface area contributed by atoms with Crippen molar-refractivity contribution in [3.8, 4) is 11.5 Å². The minimum absolute atomic E-state index is 0.133. The Bertz CT molecular complexity index is 903. The monoisotopic (exact) mass is 447 g/mol. The molecule has 0 spiro atoms. The fraction of sp³-hybridized carbons (Fsp3) is 0.318. The molecular weight excluding hydrogens is 422 g/mol. The van der Waals surface area contributed by atoms with Crippen molar-refractivity contribution in [1.82, 2.24) is 16.2 Å². The number of ether oxygens (including phenoxy) is 2. The predicted molar refractivity (Wildman–Crippen MR) is 117 cm³/mol. The Morgan fingerprint density at radius 2 is 1.65 bits per heavy atom. The van der Waals surface area contributed by atoms with Crippen molar-refractivity contribution < 1.29 is 23.9 Å². The Labute approximate surface area is 186 Å². The molecule has 0 unspecified atom stereocenters. The normalized spacial score (nSPS) is 10.2. The molecule has 2 rings (SSSR count). The SMILES string of the molecule is CCCOc1ccc(C(=O)NNC(=O)CCCNC(=O)c2ccc(Cl)cc2)cc1OC. The van der Waals surface area contributed by atoms with Crippen LogP contribution in [0.2, 0.25) is 5.02 Å². The van der Waals surface area contributed by atoms with Crippen LogP contribution < -0.4 is 25.6 Å². The molecule has 0 heterocycles. The molecule has 3 amide bonds. The highest BCUT2D eigenvalue weighted by Crippen LogP contribution is 2.28. The molecule has 0 aliphatic rings. The Morgan fingerprint density at radius 3 is 2.32 bits per heavy atom. The molecule has 0 aliphatic heterocycles. The molecule has 31 heavy (non-hydrogen) atoms. The first-order valence-electron chi connectivity index (χ1n) is 9.88. The second kappa shape index (κ2) is 12.4. The van der Waals surface area contributed by atoms with E-state index in [0.29, 0.717) is 47.2 Å². The van der Waals surface area contributed by atoms with Crippen molar-refractivity contribution in [2.75, 3.05) is 20.3 Å². The van der Waals surface area contributed by atoms with Gasteiger partial charge in [0.1, 0.15) is 0 Å². The summed E-state index contributed by atoms with van der Waals surface area (Å²) in [6.45, 7) is 2.85. The minimum atomic E-state index is -0.482. The third kappa shape index (κ3) is 7.82. The summed E-state index contributed by atoms with van der Waals surface area (Å²) in [6.07, 6.45) is 1.40. The molecule has 0 radical (unpaired) electrons. The molecule has 3 N–H and O–H groups in total. The highest BCUT2D eigenvalue weighted by molar-refractivity contribution is 6.30. The van der Waals surface area contributed by atoms with Crippen LogP contribution in [0.4, 0.5) is 0 Å². The van der Waals surface area contributed by atoms with Gasteiger partial charge in [-0.05, 0) is 55.3 Å². The molecule has 2 aromatic rings. The molecular formula is C22H26ClN3O5. The van der Waals surface area contributed by atoms with Crippen molar-refractivity contribution in [2.24, 2.45) is 0 Å². The van der Waals surface area contributed by atoms with Crippen LogP contribution in [-0.2, 0) is 4.79 Å². The standard InChI is InChI=1S/C22H26ClN3O5/c1-3-13-31-18-11-8-16(14-19(18)30-2)22(29)26-25-20(27)5-4-12-24-21(28)15-6-9-17(23)10-7-15/h6-11,14H,3-5,12-13H2,1-2H3,(H,24,28)(H,25,27)(H,26,29). The van der Waals surface area contributed by atoms with Crippen LogP contribution in [0.15, 0.2) is 42.5 Å². The van der Waals surface area contributed by atoms with Gasteiger partial charge in [-0.25, -0.2) is 0 Å². The lowest BCUT2D eigenvalue weighted by molar-refractivity contribution is -0.121. The summed E-state index contributed by atoms with van der Waals surface area (Å²) in [5, 5.41) is 3.27. The molecule has 0 saturated heterocycles. The van der Waals surface area contributed by atoms with Gasteiger partial charge in [-0.1, -0.05) is 18.5 Å². The number of carbonyl (C=O) groups excluding carboxylic acids is 3. The lowest BCUT2D eigenvalue weighted by Gasteiger charge is -2.12. The zero-order valence-corrected chi connectivity index (χ0v) is 18.3. The first-order valence-corrected chi connectivity index (χ1v) is 10.3. The predicted octanol–water partition coefficient (Wildman–Crippen LogP) is 3.11. The van der Waals surface area contributed by atoms with E-state index in [0.717, 1.165) is 6.42 Å². The van der Waals surface area contributed by atoms with E-state index in [2.05, 4.69) is 16.2 Å². The quantitative estimate of drug-likeness (QED) is 0.383. The molecule has 2 aromatic carbocycles. The molecule has 0 aromatic heterocycles. The van der Waals surface area contributed by atoms with E-state index in [1.54, 1.807) is 42.5 Å². The lowest BCUT2D eigenvalue weighted by Crippen LogP contribution is -2.41. The fourth-order valence-corrected chi connectivity index (χ4v) is 2.68. The van der Waals surface area contributed by atoms with Gasteiger partial charge in [0.15, 0.2) is 11.5 Å². The maximum absolute atomic E-state index is 12.3. The number of nitrogens with one attached hydrogen (secondary N) is 3. The highest BCUT2D eigenvalue weighted by atomic mass is 35.5. The summed E-state index contributed by atoms with van der Waals surface area (Å²) in [5.74, 6) is -0.117. The third-order valence-electron chi connectivity index (χ3n) is 4.18. The highest BCUT2D eigenvalue weighted by Gasteiger charge is 2.12. The van der Waals surface area contributed by atoms with Gasteiger partial charge < -0.3 is 14.8 Å². The van der Waals surface area contributed by atoms with Gasteiger partial charge >= 0.3 is 0 Å². The van der Waals surface area contributed by atoms with E-state index in [1.165, 1.54) is 7.11 Å². The summed E-state index contributed by atoms with van der Waals surface area (Å²) in [5.41, 5.74) is 5.52. The molecule has 0 saturated carbocycles. The second-order valence-electron chi connectivity index (χ2n) is 6.58. The van der Waals surface area contributed by atoms with Crippen molar-refractivity contribution in [1.29, 1.82) is 0 Å². The number of hydrazine groups is 1. The smallest absolute Gasteiger partial charge is 0.269 e. The lowest BCUT2D eigenvalue weighted by atomic mass is 10.2. The van der Waals surface area contributed by atoms with E-state index in [-0.39, 0.29) is 18.2 Å². The van der Waals surface area contributed by atoms with Crippen LogP contribution in [-0.4, -0.2) is 38.0 Å². The van der Waals surface area contributed by atoms with E-state index in [9.17, 15) is 14.4 Å². The average Bonchev–Trinajstić information content (AvgIpc) is 2.79. The van der Waals surface area contributed by atoms with Crippen LogP contribution in [0, 0.1) is 0 Å². The number of amides is 3. The Hall–Kier alpha value is -3.26. The fourth-order valence-electron chi connectivity index (χ4n) is 2.56. The van der Waals surface area contributed by atoms with Crippen molar-refractivity contribution in [3.63, 3.8) is 0 Å². The zero-order chi connectivity index (χ0) is 22.6. The Morgan fingerprint density at radius 1 is 0.935 bits per heavy atom. The summed E-state index contributed by atoms with van der Waals surface area (Å²) >= 11 is 5.79. The van der Waals surface area contributed by atoms with Crippen LogP contribution in [0.25, 0.3) is 0 Å². The molecule has 0 bridgehead atoms. The van der Waals surface area contributed by atoms with Gasteiger partial charge in [-0.2, -0.15) is 0 Å². The molecule has 166 valence electrons. The number of benzene rings is 2. The first kappa shape index (κ1) is 24.0. The van der Waals surface area contributed by atoms with Crippen molar-refractivity contribution in [3.05, 3.63) is 58.6 Å². The number of rotatable bonds is 10. The summed E-state index contributed by atoms with van der Waals surface area (Å²) in [7, 11) is 1.49. The van der Waals surface area contributed by atoms with E-state index in [1.807, 2.05) is 6.92 Å². The van der Waals surface area contributed by atoms with Gasteiger partial charge in [0.25, 0.3) is 11.8 Å². The van der Waals surface area contributed by atoms with Crippen LogP contribution in [0.1, 0.15) is 46.9 Å². The number of carbonyl (C=O) groups is 3. The van der Waals surface area contributed by atoms with Crippen LogP contribution in [0.3, 0.4) is 0 Å². The summed E-state index contributed by atoms with van der Waals surface area (Å²) in [6, 6.07) is 11.3. The molecule has 8 nitrogen and oxygen atoms in total. The van der Waals surface area contributed by atoms with Gasteiger partial charge in [-0.15, -0.1) is 0 Å². The van der Waals surface area contributed by atoms with Gasteiger partial charge in [0, 0.05) is 29.1 Å². The Balaban J connectivity index is 1.72. The third-order valence-corrected chi connectivity index (χ3v) is 4.43. The molecule has 0 fully saturated rings. The largest absolute Gasteiger partial charge is 0.493 e. The van der Waals surface area contributed by atoms with Gasteiger partial charge in [0.05, 0.1) is 13.7 Å². The minimum Gasteiger partial charge on any atom is -0.493 e.